The summed E-state index contributed by atoms with van der Waals surface area (Å²) in [5.41, 5.74) is 7.54. The van der Waals surface area contributed by atoms with Crippen LogP contribution >= 0.6 is 27.7 Å². The lowest BCUT2D eigenvalue weighted by atomic mass is 10.1. The van der Waals surface area contributed by atoms with E-state index in [9.17, 15) is 4.79 Å². The van der Waals surface area contributed by atoms with Gasteiger partial charge in [0.15, 0.2) is 5.16 Å². The highest BCUT2D eigenvalue weighted by atomic mass is 79.9. The monoisotopic (exact) mass is 339 g/mol. The zero-order valence-electron chi connectivity index (χ0n) is 10.6. The number of hydrogen-bond donors (Lipinski definition) is 2. The molecule has 0 amide bonds. The Kier molecular flexibility index (Phi) is 4.44. The Morgan fingerprint density at radius 3 is 2.79 bits per heavy atom. The van der Waals surface area contributed by atoms with Gasteiger partial charge >= 0.3 is 0 Å². The number of nitrogens with two attached hydrogens (primary N) is 1. The fourth-order valence-electron chi connectivity index (χ4n) is 1.67. The van der Waals surface area contributed by atoms with Gasteiger partial charge in [0.25, 0.3) is 5.56 Å². The third-order valence-electron chi connectivity index (χ3n) is 2.52. The van der Waals surface area contributed by atoms with Crippen molar-refractivity contribution in [1.29, 1.82) is 0 Å². The van der Waals surface area contributed by atoms with Gasteiger partial charge in [-0.2, -0.15) is 0 Å². The van der Waals surface area contributed by atoms with Gasteiger partial charge in [-0.25, -0.2) is 4.98 Å². The van der Waals surface area contributed by atoms with Crippen molar-refractivity contribution in [3.8, 4) is 0 Å². The molecule has 19 heavy (non-hydrogen) atoms. The first kappa shape index (κ1) is 14.3. The number of rotatable bonds is 3. The quantitative estimate of drug-likeness (QED) is 0.843. The summed E-state index contributed by atoms with van der Waals surface area (Å²) in [6, 6.07) is 7.29. The molecule has 0 aliphatic rings. The van der Waals surface area contributed by atoms with Crippen LogP contribution in [0.2, 0.25) is 0 Å². The lowest BCUT2D eigenvalue weighted by Gasteiger charge is -2.12. The second-order valence-corrected chi connectivity index (χ2v) is 6.21. The van der Waals surface area contributed by atoms with Gasteiger partial charge in [-0.3, -0.25) is 4.79 Å². The van der Waals surface area contributed by atoms with E-state index in [-0.39, 0.29) is 11.6 Å². The molecule has 0 radical (unpaired) electrons. The van der Waals surface area contributed by atoms with Gasteiger partial charge < -0.3 is 10.7 Å². The molecule has 0 spiro atoms. The van der Waals surface area contributed by atoms with Gasteiger partial charge in [-0.15, -0.1) is 0 Å². The zero-order valence-corrected chi connectivity index (χ0v) is 13.0. The number of aromatic nitrogens is 2. The SMILES string of the molecule is Cc1cc(=O)[nH]c(Sc2ccc(Br)cc2C(C)N)n1. The van der Waals surface area contributed by atoms with Crippen molar-refractivity contribution in [3.63, 3.8) is 0 Å². The highest BCUT2D eigenvalue weighted by Crippen LogP contribution is 2.32. The summed E-state index contributed by atoms with van der Waals surface area (Å²) < 4.78 is 0.981. The Labute approximate surface area is 124 Å². The van der Waals surface area contributed by atoms with Crippen LogP contribution in [0.1, 0.15) is 24.2 Å². The molecule has 0 saturated heterocycles. The summed E-state index contributed by atoms with van der Waals surface area (Å²) >= 11 is 4.85. The molecule has 4 nitrogen and oxygen atoms in total. The van der Waals surface area contributed by atoms with E-state index in [2.05, 4.69) is 25.9 Å². The van der Waals surface area contributed by atoms with Crippen molar-refractivity contribution < 1.29 is 0 Å². The van der Waals surface area contributed by atoms with Gasteiger partial charge in [-0.05, 0) is 37.6 Å². The third-order valence-corrected chi connectivity index (χ3v) is 3.99. The predicted molar refractivity (Wildman–Crippen MR) is 80.5 cm³/mol. The van der Waals surface area contributed by atoms with E-state index in [0.717, 1.165) is 14.9 Å². The van der Waals surface area contributed by atoms with Crippen molar-refractivity contribution in [2.45, 2.75) is 29.9 Å². The fourth-order valence-corrected chi connectivity index (χ4v) is 3.10. The molecule has 0 aliphatic carbocycles. The van der Waals surface area contributed by atoms with Crippen LogP contribution in [0.4, 0.5) is 0 Å². The van der Waals surface area contributed by atoms with Crippen molar-refractivity contribution in [1.82, 2.24) is 9.97 Å². The van der Waals surface area contributed by atoms with E-state index < -0.39 is 0 Å². The Hall–Kier alpha value is -1.11. The maximum absolute atomic E-state index is 11.4. The van der Waals surface area contributed by atoms with Crippen molar-refractivity contribution >= 4 is 27.7 Å². The molecule has 2 aromatic rings. The minimum Gasteiger partial charge on any atom is -0.324 e. The van der Waals surface area contributed by atoms with Crippen molar-refractivity contribution in [3.05, 3.63) is 50.3 Å². The minimum absolute atomic E-state index is 0.0865. The summed E-state index contributed by atoms with van der Waals surface area (Å²) in [5.74, 6) is 0. The number of aryl methyl sites for hydroxylation is 1. The standard InChI is InChI=1S/C13H14BrN3OS/c1-7-5-12(18)17-13(16-7)19-11-4-3-9(14)6-10(11)8(2)15/h3-6,8H,15H2,1-2H3,(H,16,17,18). The Balaban J connectivity index is 2.40. The van der Waals surface area contributed by atoms with Crippen LogP contribution in [0.15, 0.2) is 43.6 Å². The minimum atomic E-state index is -0.144. The van der Waals surface area contributed by atoms with E-state index >= 15 is 0 Å². The molecule has 0 aliphatic heterocycles. The van der Waals surface area contributed by atoms with Gasteiger partial charge in [0.1, 0.15) is 0 Å². The summed E-state index contributed by atoms with van der Waals surface area (Å²) in [7, 11) is 0. The summed E-state index contributed by atoms with van der Waals surface area (Å²) in [5, 5.41) is 0.578. The van der Waals surface area contributed by atoms with Crippen LogP contribution in [0.5, 0.6) is 0 Å². The average molecular weight is 340 g/mol. The molecule has 2 rings (SSSR count). The fraction of sp³-hybridized carbons (Fsp3) is 0.231. The van der Waals surface area contributed by atoms with E-state index in [4.69, 9.17) is 5.73 Å². The molecule has 0 saturated carbocycles. The van der Waals surface area contributed by atoms with E-state index in [0.29, 0.717) is 10.9 Å². The predicted octanol–water partition coefficient (Wildman–Crippen LogP) is 3.01. The number of nitrogens with zero attached hydrogens (tertiary/aromatic N) is 1. The molecule has 100 valence electrons. The van der Waals surface area contributed by atoms with Crippen molar-refractivity contribution in [2.24, 2.45) is 5.73 Å². The van der Waals surface area contributed by atoms with Gasteiger partial charge in [-0.1, -0.05) is 27.7 Å². The first-order valence-corrected chi connectivity index (χ1v) is 7.37. The number of H-pyrrole nitrogens is 1. The molecule has 1 atom stereocenters. The molecule has 0 fully saturated rings. The molecule has 1 unspecified atom stereocenters. The second-order valence-electron chi connectivity index (χ2n) is 4.26. The van der Waals surface area contributed by atoms with Gasteiger partial charge in [0.2, 0.25) is 0 Å². The molecule has 3 N–H and O–H groups in total. The number of benzene rings is 1. The van der Waals surface area contributed by atoms with Crippen LogP contribution in [0, 0.1) is 6.92 Å². The second kappa shape index (κ2) is 5.90. The summed E-state index contributed by atoms with van der Waals surface area (Å²) in [4.78, 5) is 19.5. The Morgan fingerprint density at radius 1 is 1.42 bits per heavy atom. The lowest BCUT2D eigenvalue weighted by molar-refractivity contribution is 0.795. The van der Waals surface area contributed by atoms with Gasteiger partial charge in [0.05, 0.1) is 0 Å². The van der Waals surface area contributed by atoms with E-state index in [1.54, 1.807) is 6.92 Å². The molecule has 1 heterocycles. The van der Waals surface area contributed by atoms with Crippen LogP contribution < -0.4 is 11.3 Å². The number of aromatic amines is 1. The van der Waals surface area contributed by atoms with E-state index in [1.165, 1.54) is 17.8 Å². The largest absolute Gasteiger partial charge is 0.324 e. The normalized spacial score (nSPS) is 12.4. The molecule has 6 heteroatoms. The van der Waals surface area contributed by atoms with Crippen LogP contribution in [-0.4, -0.2) is 9.97 Å². The first-order valence-electron chi connectivity index (χ1n) is 5.76. The highest BCUT2D eigenvalue weighted by molar-refractivity contribution is 9.10. The maximum Gasteiger partial charge on any atom is 0.251 e. The van der Waals surface area contributed by atoms with Crippen LogP contribution in [0.25, 0.3) is 0 Å². The third kappa shape index (κ3) is 3.68. The Bertz CT molecular complexity index is 655. The molecule has 1 aromatic carbocycles. The summed E-state index contributed by atoms with van der Waals surface area (Å²) in [6.07, 6.45) is 0. The van der Waals surface area contributed by atoms with Crippen molar-refractivity contribution in [2.75, 3.05) is 0 Å². The summed E-state index contributed by atoms with van der Waals surface area (Å²) in [6.45, 7) is 3.73. The van der Waals surface area contributed by atoms with Crippen LogP contribution in [0.3, 0.4) is 0 Å². The Morgan fingerprint density at radius 2 is 2.16 bits per heavy atom. The average Bonchev–Trinajstić information content (AvgIpc) is 2.30. The highest BCUT2D eigenvalue weighted by Gasteiger charge is 2.10. The molecule has 1 aromatic heterocycles. The number of hydrogen-bond acceptors (Lipinski definition) is 4. The smallest absolute Gasteiger partial charge is 0.251 e. The molecular formula is C13H14BrN3OS. The number of halogens is 1. The topological polar surface area (TPSA) is 71.8 Å². The lowest BCUT2D eigenvalue weighted by Crippen LogP contribution is -2.09. The molecular weight excluding hydrogens is 326 g/mol. The maximum atomic E-state index is 11.4. The van der Waals surface area contributed by atoms with Crippen LogP contribution in [-0.2, 0) is 0 Å². The zero-order chi connectivity index (χ0) is 14.0. The van der Waals surface area contributed by atoms with Gasteiger partial charge in [0, 0.05) is 27.2 Å². The molecule has 0 bridgehead atoms. The first-order chi connectivity index (χ1) is 8.95. The number of nitrogens with one attached hydrogen (secondary N) is 1. The van der Waals surface area contributed by atoms with E-state index in [1.807, 2.05) is 25.1 Å².